The van der Waals surface area contributed by atoms with Gasteiger partial charge in [-0.25, -0.2) is 15.0 Å². The number of anilines is 2. The van der Waals surface area contributed by atoms with Crippen molar-refractivity contribution in [3.63, 3.8) is 0 Å². The normalized spacial score (nSPS) is 11.3. The van der Waals surface area contributed by atoms with E-state index < -0.39 is 0 Å². The molecule has 0 bridgehead atoms. The van der Waals surface area contributed by atoms with Crippen molar-refractivity contribution in [3.05, 3.63) is 74.9 Å². The van der Waals surface area contributed by atoms with E-state index in [2.05, 4.69) is 57.1 Å². The zero-order valence-corrected chi connectivity index (χ0v) is 18.7. The van der Waals surface area contributed by atoms with Crippen LogP contribution < -0.4 is 5.32 Å². The third-order valence-corrected chi connectivity index (χ3v) is 5.92. The van der Waals surface area contributed by atoms with Crippen LogP contribution in [0.1, 0.15) is 0 Å². The fourth-order valence-electron chi connectivity index (χ4n) is 3.19. The van der Waals surface area contributed by atoms with Crippen LogP contribution in [0.3, 0.4) is 0 Å². The second-order valence-corrected chi connectivity index (χ2v) is 8.61. The van der Waals surface area contributed by atoms with E-state index in [-0.39, 0.29) is 0 Å². The highest BCUT2D eigenvalue weighted by Crippen LogP contribution is 2.34. The van der Waals surface area contributed by atoms with E-state index in [0.29, 0.717) is 10.8 Å². The van der Waals surface area contributed by atoms with Gasteiger partial charge in [0, 0.05) is 25.6 Å². The average molecular weight is 530 g/mol. The Morgan fingerprint density at radius 2 is 1.83 bits per heavy atom. The summed E-state index contributed by atoms with van der Waals surface area (Å²) in [6, 6.07) is 17.6. The first kappa shape index (κ1) is 18.5. The lowest BCUT2D eigenvalue weighted by Crippen LogP contribution is -1.97. The maximum atomic E-state index is 6.47. The van der Waals surface area contributed by atoms with Gasteiger partial charge in [-0.15, -0.1) is 0 Å². The predicted octanol–water partition coefficient (Wildman–Crippen LogP) is 7.10. The van der Waals surface area contributed by atoms with Crippen LogP contribution in [0.25, 0.3) is 33.3 Å². The van der Waals surface area contributed by atoms with E-state index in [1.165, 1.54) is 0 Å². The number of aromatic nitrogens is 4. The first-order valence-electron chi connectivity index (χ1n) is 8.70. The Morgan fingerprint density at radius 1 is 0.966 bits per heavy atom. The first-order chi connectivity index (χ1) is 14.1. The number of hydrogen-bond acceptors (Lipinski definition) is 4. The number of nitrogens with zero attached hydrogens (tertiary/aromatic N) is 3. The van der Waals surface area contributed by atoms with Crippen LogP contribution >= 0.6 is 43.5 Å². The van der Waals surface area contributed by atoms with Crippen molar-refractivity contribution in [2.24, 2.45) is 0 Å². The lowest BCUT2D eigenvalue weighted by atomic mass is 10.1. The molecule has 0 aliphatic heterocycles. The average Bonchev–Trinajstić information content (AvgIpc) is 3.14. The number of benzene rings is 3. The number of fused-ring (bicyclic) bond motifs is 2. The van der Waals surface area contributed by atoms with Gasteiger partial charge in [-0.05, 0) is 58.4 Å². The minimum atomic E-state index is 0.618. The van der Waals surface area contributed by atoms with Crippen LogP contribution in [-0.4, -0.2) is 19.9 Å². The Bertz CT molecular complexity index is 1350. The van der Waals surface area contributed by atoms with Crippen LogP contribution in [0.5, 0.6) is 0 Å². The van der Waals surface area contributed by atoms with Gasteiger partial charge in [-0.1, -0.05) is 39.7 Å². The number of rotatable bonds is 3. The number of nitrogens with one attached hydrogen (secondary N) is 2. The minimum Gasteiger partial charge on any atom is -0.340 e. The molecule has 0 spiro atoms. The SMILES string of the molecule is Clc1ccc(Nc2ncnc3c(Br)cc(Br)cc23)cc1-c1nc2ccccc2[nH]1. The molecule has 0 aliphatic rings. The largest absolute Gasteiger partial charge is 0.340 e. The molecule has 5 nitrogen and oxygen atoms in total. The van der Waals surface area contributed by atoms with Crippen LogP contribution in [0, 0.1) is 0 Å². The second kappa shape index (κ2) is 7.40. The lowest BCUT2D eigenvalue weighted by molar-refractivity contribution is 1.21. The van der Waals surface area contributed by atoms with Crippen molar-refractivity contribution in [2.75, 3.05) is 5.32 Å². The van der Waals surface area contributed by atoms with E-state index >= 15 is 0 Å². The number of hydrogen-bond donors (Lipinski definition) is 2. The third kappa shape index (κ3) is 3.50. The van der Waals surface area contributed by atoms with Gasteiger partial charge in [0.15, 0.2) is 0 Å². The topological polar surface area (TPSA) is 66.5 Å². The van der Waals surface area contributed by atoms with Gasteiger partial charge < -0.3 is 10.3 Å². The van der Waals surface area contributed by atoms with Gasteiger partial charge in [0.1, 0.15) is 18.0 Å². The molecule has 29 heavy (non-hydrogen) atoms. The smallest absolute Gasteiger partial charge is 0.141 e. The van der Waals surface area contributed by atoms with E-state index in [4.69, 9.17) is 11.6 Å². The van der Waals surface area contributed by atoms with E-state index in [1.54, 1.807) is 6.33 Å². The Kier molecular flexibility index (Phi) is 4.73. The van der Waals surface area contributed by atoms with Crippen LogP contribution in [0.2, 0.25) is 5.02 Å². The molecule has 0 unspecified atom stereocenters. The van der Waals surface area contributed by atoms with Crippen LogP contribution in [0.4, 0.5) is 11.5 Å². The standard InChI is InChI=1S/C21H12Br2ClN5/c22-11-7-14-19(15(23)8-11)25-10-26-20(14)27-12-5-6-16(24)13(9-12)21-28-17-3-1-2-4-18(17)29-21/h1-10H,(H,28,29)(H,25,26,27). The molecule has 2 heterocycles. The highest BCUT2D eigenvalue weighted by molar-refractivity contribution is 9.11. The number of H-pyrrole nitrogens is 1. The number of para-hydroxylation sites is 2. The van der Waals surface area contributed by atoms with Crippen LogP contribution in [0.15, 0.2) is 69.9 Å². The van der Waals surface area contributed by atoms with Gasteiger partial charge >= 0.3 is 0 Å². The molecule has 0 radical (unpaired) electrons. The summed E-state index contributed by atoms with van der Waals surface area (Å²) in [4.78, 5) is 16.8. The monoisotopic (exact) mass is 527 g/mol. The third-order valence-electron chi connectivity index (χ3n) is 4.53. The summed E-state index contributed by atoms with van der Waals surface area (Å²) < 4.78 is 1.83. The van der Waals surface area contributed by atoms with Crippen molar-refractivity contribution in [3.8, 4) is 11.4 Å². The molecule has 2 aromatic heterocycles. The molecule has 0 fully saturated rings. The van der Waals surface area contributed by atoms with Gasteiger partial charge in [0.2, 0.25) is 0 Å². The maximum Gasteiger partial charge on any atom is 0.141 e. The summed E-state index contributed by atoms with van der Waals surface area (Å²) in [6.07, 6.45) is 1.54. The highest BCUT2D eigenvalue weighted by atomic mass is 79.9. The summed E-state index contributed by atoms with van der Waals surface area (Å²) in [7, 11) is 0. The summed E-state index contributed by atoms with van der Waals surface area (Å²) in [6.45, 7) is 0. The molecule has 0 amide bonds. The zero-order chi connectivity index (χ0) is 20.0. The Balaban J connectivity index is 1.58. The van der Waals surface area contributed by atoms with E-state index in [0.717, 1.165) is 48.0 Å². The maximum absolute atomic E-state index is 6.47. The molecule has 0 atom stereocenters. The fraction of sp³-hybridized carbons (Fsp3) is 0. The van der Waals surface area contributed by atoms with Gasteiger partial charge in [-0.3, -0.25) is 0 Å². The Labute approximate surface area is 187 Å². The quantitative estimate of drug-likeness (QED) is 0.262. The number of imidazole rings is 1. The molecule has 2 N–H and O–H groups in total. The van der Waals surface area contributed by atoms with Gasteiger partial charge in [0.05, 0.1) is 21.6 Å². The van der Waals surface area contributed by atoms with Gasteiger partial charge in [-0.2, -0.15) is 0 Å². The predicted molar refractivity (Wildman–Crippen MR) is 125 cm³/mol. The van der Waals surface area contributed by atoms with Crippen molar-refractivity contribution >= 4 is 76.9 Å². The molecule has 0 aliphatic carbocycles. The van der Waals surface area contributed by atoms with E-state index in [1.807, 2.05) is 54.6 Å². The summed E-state index contributed by atoms with van der Waals surface area (Å²) >= 11 is 13.6. The molecule has 5 rings (SSSR count). The highest BCUT2D eigenvalue weighted by Gasteiger charge is 2.12. The molecule has 3 aromatic carbocycles. The summed E-state index contributed by atoms with van der Waals surface area (Å²) in [5.74, 6) is 1.42. The summed E-state index contributed by atoms with van der Waals surface area (Å²) in [5.41, 5.74) is 4.36. The van der Waals surface area contributed by atoms with Crippen molar-refractivity contribution in [2.45, 2.75) is 0 Å². The minimum absolute atomic E-state index is 0.618. The number of halogens is 3. The second-order valence-electron chi connectivity index (χ2n) is 6.43. The lowest BCUT2D eigenvalue weighted by Gasteiger charge is -2.11. The molecule has 5 aromatic rings. The molecule has 0 saturated heterocycles. The molecule has 142 valence electrons. The van der Waals surface area contributed by atoms with Crippen molar-refractivity contribution in [1.82, 2.24) is 19.9 Å². The summed E-state index contributed by atoms with van der Waals surface area (Å²) in [5, 5.41) is 4.89. The first-order valence-corrected chi connectivity index (χ1v) is 10.7. The molecular formula is C21H12Br2ClN5. The zero-order valence-electron chi connectivity index (χ0n) is 14.7. The Morgan fingerprint density at radius 3 is 2.69 bits per heavy atom. The Hall–Kier alpha value is -2.48. The van der Waals surface area contributed by atoms with Crippen LogP contribution in [-0.2, 0) is 0 Å². The molecule has 0 saturated carbocycles. The van der Waals surface area contributed by atoms with Gasteiger partial charge in [0.25, 0.3) is 0 Å². The molecule has 8 heteroatoms. The number of aromatic amines is 1. The fourth-order valence-corrected chi connectivity index (χ4v) is 4.73. The van der Waals surface area contributed by atoms with Crippen molar-refractivity contribution in [1.29, 1.82) is 0 Å². The molecular weight excluding hydrogens is 518 g/mol. The van der Waals surface area contributed by atoms with Crippen molar-refractivity contribution < 1.29 is 0 Å². The van der Waals surface area contributed by atoms with E-state index in [9.17, 15) is 0 Å².